The summed E-state index contributed by atoms with van der Waals surface area (Å²) in [5, 5.41) is 5.73. The lowest BCUT2D eigenvalue weighted by Crippen LogP contribution is -2.33. The number of carbonyl (C=O) groups excluding carboxylic acids is 3. The van der Waals surface area contributed by atoms with Crippen LogP contribution in [0, 0.1) is 13.8 Å². The lowest BCUT2D eigenvalue weighted by Gasteiger charge is -2.15. The molecule has 2 saturated carbocycles. The molecule has 2 aromatic rings. The molecule has 0 spiro atoms. The number of carbonyl (C=O) groups is 3. The highest BCUT2D eigenvalue weighted by molar-refractivity contribution is 6.04. The number of aromatic nitrogens is 1. The molecule has 164 valence electrons. The van der Waals surface area contributed by atoms with Crippen molar-refractivity contribution in [2.75, 3.05) is 11.9 Å². The van der Waals surface area contributed by atoms with Crippen LogP contribution in [0.1, 0.15) is 76.7 Å². The molecule has 0 bridgehead atoms. The molecule has 2 N–H and O–H groups in total. The fourth-order valence-electron chi connectivity index (χ4n) is 4.40. The minimum Gasteiger partial charge on any atom is -0.452 e. The summed E-state index contributed by atoms with van der Waals surface area (Å²) >= 11 is 0. The Morgan fingerprint density at radius 2 is 1.74 bits per heavy atom. The standard InChI is InChI=1S/C24H29N3O4/c1-15-13-20(16(2)27(15)18-11-12-18)24(30)31-14-22(28)26-21-10-6-5-9-19(21)23(29)25-17-7-3-4-8-17/h5-6,9-10,13,17-18H,3-4,7-8,11-12,14H2,1-2H3,(H,25,29)(H,26,28). The average Bonchev–Trinajstić information content (AvgIpc) is 3.35. The Hall–Kier alpha value is -3.09. The normalized spacial score (nSPS) is 16.2. The van der Waals surface area contributed by atoms with Gasteiger partial charge in [-0.15, -0.1) is 0 Å². The number of esters is 1. The molecule has 2 fully saturated rings. The van der Waals surface area contributed by atoms with Gasteiger partial charge in [0.15, 0.2) is 6.61 Å². The third kappa shape index (κ3) is 4.81. The third-order valence-corrected chi connectivity index (χ3v) is 6.09. The van der Waals surface area contributed by atoms with Gasteiger partial charge >= 0.3 is 5.97 Å². The van der Waals surface area contributed by atoms with Crippen molar-refractivity contribution in [1.82, 2.24) is 9.88 Å². The molecule has 0 atom stereocenters. The summed E-state index contributed by atoms with van der Waals surface area (Å²) < 4.78 is 7.42. The molecule has 0 radical (unpaired) electrons. The number of aryl methyl sites for hydroxylation is 1. The van der Waals surface area contributed by atoms with Gasteiger partial charge in [0.1, 0.15) is 0 Å². The van der Waals surface area contributed by atoms with Crippen molar-refractivity contribution in [3.8, 4) is 0 Å². The number of amides is 2. The molecule has 31 heavy (non-hydrogen) atoms. The maximum atomic E-state index is 12.6. The first-order valence-corrected chi connectivity index (χ1v) is 11.0. The van der Waals surface area contributed by atoms with Gasteiger partial charge in [0, 0.05) is 23.5 Å². The van der Waals surface area contributed by atoms with Gasteiger partial charge in [0.05, 0.1) is 16.8 Å². The maximum Gasteiger partial charge on any atom is 0.340 e. The highest BCUT2D eigenvalue weighted by Crippen LogP contribution is 2.38. The predicted molar refractivity (Wildman–Crippen MR) is 117 cm³/mol. The minimum atomic E-state index is -0.512. The maximum absolute atomic E-state index is 12.6. The second kappa shape index (κ2) is 8.96. The Morgan fingerprint density at radius 1 is 1.03 bits per heavy atom. The molecule has 7 nitrogen and oxygen atoms in total. The highest BCUT2D eigenvalue weighted by Gasteiger charge is 2.29. The van der Waals surface area contributed by atoms with Crippen molar-refractivity contribution in [1.29, 1.82) is 0 Å². The number of para-hydroxylation sites is 1. The predicted octanol–water partition coefficient (Wildman–Crippen LogP) is 3.91. The Labute approximate surface area is 182 Å². The van der Waals surface area contributed by atoms with E-state index in [-0.39, 0.29) is 11.9 Å². The summed E-state index contributed by atoms with van der Waals surface area (Å²) in [6.07, 6.45) is 6.46. The number of hydrogen-bond donors (Lipinski definition) is 2. The lowest BCUT2D eigenvalue weighted by atomic mass is 10.1. The van der Waals surface area contributed by atoms with E-state index in [0.29, 0.717) is 22.9 Å². The zero-order chi connectivity index (χ0) is 22.0. The van der Waals surface area contributed by atoms with Crippen LogP contribution in [0.3, 0.4) is 0 Å². The van der Waals surface area contributed by atoms with Crippen molar-refractivity contribution in [2.45, 2.75) is 64.5 Å². The molecule has 0 unspecified atom stereocenters. The van der Waals surface area contributed by atoms with Crippen LogP contribution in [0.15, 0.2) is 30.3 Å². The van der Waals surface area contributed by atoms with E-state index < -0.39 is 18.5 Å². The summed E-state index contributed by atoms with van der Waals surface area (Å²) in [7, 11) is 0. The number of rotatable bonds is 7. The van der Waals surface area contributed by atoms with Gasteiger partial charge < -0.3 is 19.9 Å². The highest BCUT2D eigenvalue weighted by atomic mass is 16.5. The largest absolute Gasteiger partial charge is 0.452 e. The van der Waals surface area contributed by atoms with Crippen LogP contribution in [0.5, 0.6) is 0 Å². The first-order valence-electron chi connectivity index (χ1n) is 11.0. The van der Waals surface area contributed by atoms with E-state index in [2.05, 4.69) is 15.2 Å². The van der Waals surface area contributed by atoms with Crippen molar-refractivity contribution < 1.29 is 19.1 Å². The van der Waals surface area contributed by atoms with E-state index in [1.54, 1.807) is 24.3 Å². The van der Waals surface area contributed by atoms with Crippen molar-refractivity contribution >= 4 is 23.5 Å². The van der Waals surface area contributed by atoms with Gasteiger partial charge in [-0.05, 0) is 57.7 Å². The van der Waals surface area contributed by atoms with Crippen molar-refractivity contribution in [2.24, 2.45) is 0 Å². The molecule has 0 saturated heterocycles. The van der Waals surface area contributed by atoms with E-state index in [0.717, 1.165) is 49.9 Å². The fraction of sp³-hybridized carbons (Fsp3) is 0.458. The van der Waals surface area contributed by atoms with Crippen LogP contribution >= 0.6 is 0 Å². The second-order valence-corrected chi connectivity index (χ2v) is 8.51. The Morgan fingerprint density at radius 3 is 2.45 bits per heavy atom. The van der Waals surface area contributed by atoms with Gasteiger partial charge in [0.25, 0.3) is 11.8 Å². The Kier molecular flexibility index (Phi) is 6.11. The van der Waals surface area contributed by atoms with Crippen LogP contribution in [-0.2, 0) is 9.53 Å². The zero-order valence-corrected chi connectivity index (χ0v) is 18.1. The summed E-state index contributed by atoms with van der Waals surface area (Å²) in [5.74, 6) is -1.19. The summed E-state index contributed by atoms with van der Waals surface area (Å²) in [6, 6.07) is 9.33. The van der Waals surface area contributed by atoms with Crippen molar-refractivity contribution in [3.63, 3.8) is 0 Å². The van der Waals surface area contributed by atoms with E-state index in [4.69, 9.17) is 4.74 Å². The molecule has 1 aromatic carbocycles. The Balaban J connectivity index is 1.35. The third-order valence-electron chi connectivity index (χ3n) is 6.09. The number of ether oxygens (including phenoxy) is 1. The molecular weight excluding hydrogens is 394 g/mol. The number of nitrogens with zero attached hydrogens (tertiary/aromatic N) is 1. The van der Waals surface area contributed by atoms with Gasteiger partial charge in [-0.1, -0.05) is 25.0 Å². The van der Waals surface area contributed by atoms with Crippen LogP contribution in [0.4, 0.5) is 5.69 Å². The van der Waals surface area contributed by atoms with Gasteiger partial charge in [-0.3, -0.25) is 9.59 Å². The van der Waals surface area contributed by atoms with Crippen molar-refractivity contribution in [3.05, 3.63) is 52.8 Å². The van der Waals surface area contributed by atoms with Crippen LogP contribution in [0.25, 0.3) is 0 Å². The molecule has 4 rings (SSSR count). The molecule has 2 aliphatic rings. The fourth-order valence-corrected chi connectivity index (χ4v) is 4.40. The van der Waals surface area contributed by atoms with Crippen LogP contribution in [0.2, 0.25) is 0 Å². The Bertz CT molecular complexity index is 1000. The van der Waals surface area contributed by atoms with E-state index in [1.165, 1.54) is 0 Å². The second-order valence-electron chi connectivity index (χ2n) is 8.51. The number of benzene rings is 1. The molecule has 7 heteroatoms. The molecular formula is C24H29N3O4. The first-order chi connectivity index (χ1) is 14.9. The SMILES string of the molecule is Cc1cc(C(=O)OCC(=O)Nc2ccccc2C(=O)NC2CCCC2)c(C)n1C1CC1. The summed E-state index contributed by atoms with van der Waals surface area (Å²) in [6.45, 7) is 3.47. The smallest absolute Gasteiger partial charge is 0.340 e. The van der Waals surface area contributed by atoms with E-state index >= 15 is 0 Å². The van der Waals surface area contributed by atoms with Crippen LogP contribution < -0.4 is 10.6 Å². The average molecular weight is 424 g/mol. The number of hydrogen-bond acceptors (Lipinski definition) is 4. The van der Waals surface area contributed by atoms with E-state index in [9.17, 15) is 14.4 Å². The van der Waals surface area contributed by atoms with Crippen LogP contribution in [-0.4, -0.2) is 35.0 Å². The molecule has 2 amide bonds. The van der Waals surface area contributed by atoms with Gasteiger partial charge in [0.2, 0.25) is 0 Å². The first kappa shape index (κ1) is 21.2. The number of nitrogens with one attached hydrogen (secondary N) is 2. The molecule has 1 aromatic heterocycles. The quantitative estimate of drug-likeness (QED) is 0.661. The monoisotopic (exact) mass is 423 g/mol. The zero-order valence-electron chi connectivity index (χ0n) is 18.1. The minimum absolute atomic E-state index is 0.187. The number of anilines is 1. The van der Waals surface area contributed by atoms with Gasteiger partial charge in [-0.2, -0.15) is 0 Å². The molecule has 2 aliphatic carbocycles. The summed E-state index contributed by atoms with van der Waals surface area (Å²) in [4.78, 5) is 37.6. The lowest BCUT2D eigenvalue weighted by molar-refractivity contribution is -0.119. The summed E-state index contributed by atoms with van der Waals surface area (Å²) in [5.41, 5.74) is 3.21. The topological polar surface area (TPSA) is 89.4 Å². The molecule has 0 aliphatic heterocycles. The van der Waals surface area contributed by atoms with Gasteiger partial charge in [-0.25, -0.2) is 4.79 Å². The molecule has 1 heterocycles. The van der Waals surface area contributed by atoms with E-state index in [1.807, 2.05) is 19.9 Å².